The minimum Gasteiger partial charge on any atom is -0.370 e. The maximum Gasteiger partial charge on any atom is 0.179 e. The molecule has 2 N–H and O–H groups in total. The van der Waals surface area contributed by atoms with Crippen molar-refractivity contribution in [3.05, 3.63) is 11.6 Å². The quantitative estimate of drug-likeness (QED) is 0.763. The molecule has 16 heavy (non-hydrogen) atoms. The minimum atomic E-state index is 0.114. The highest BCUT2D eigenvalue weighted by molar-refractivity contribution is 5.00. The zero-order valence-corrected chi connectivity index (χ0v) is 9.43. The second-order valence-electron chi connectivity index (χ2n) is 4.72. The van der Waals surface area contributed by atoms with Crippen molar-refractivity contribution in [2.45, 2.75) is 50.8 Å². The Morgan fingerprint density at radius 3 is 3.06 bits per heavy atom. The molecular formula is C11H18N4O. The molecule has 3 rings (SSSR count). The number of ether oxygens (including phenoxy) is 1. The first-order chi connectivity index (χ1) is 7.83. The molecule has 1 saturated heterocycles. The van der Waals surface area contributed by atoms with Gasteiger partial charge in [-0.2, -0.15) is 5.10 Å². The fourth-order valence-corrected chi connectivity index (χ4v) is 2.43. The van der Waals surface area contributed by atoms with Gasteiger partial charge in [0.15, 0.2) is 5.82 Å². The molecule has 0 aromatic carbocycles. The lowest BCUT2D eigenvalue weighted by atomic mass is 10.1. The van der Waals surface area contributed by atoms with E-state index in [4.69, 9.17) is 10.5 Å². The van der Waals surface area contributed by atoms with Gasteiger partial charge >= 0.3 is 0 Å². The topological polar surface area (TPSA) is 66.0 Å². The summed E-state index contributed by atoms with van der Waals surface area (Å²) in [5.41, 5.74) is 5.92. The van der Waals surface area contributed by atoms with Crippen molar-refractivity contribution in [2.24, 2.45) is 5.73 Å². The molecule has 2 aliphatic heterocycles. The largest absolute Gasteiger partial charge is 0.370 e. The first kappa shape index (κ1) is 10.2. The molecule has 2 unspecified atom stereocenters. The molecule has 3 heterocycles. The van der Waals surface area contributed by atoms with Crippen LogP contribution in [0.3, 0.4) is 0 Å². The second-order valence-corrected chi connectivity index (χ2v) is 4.72. The van der Waals surface area contributed by atoms with E-state index in [0.29, 0.717) is 0 Å². The van der Waals surface area contributed by atoms with E-state index in [-0.39, 0.29) is 12.1 Å². The first-order valence-corrected chi connectivity index (χ1v) is 6.14. The Kier molecular flexibility index (Phi) is 2.65. The number of aryl methyl sites for hydroxylation is 1. The lowest BCUT2D eigenvalue weighted by Gasteiger charge is -2.19. The fourth-order valence-electron chi connectivity index (χ4n) is 2.43. The van der Waals surface area contributed by atoms with E-state index in [2.05, 4.69) is 10.1 Å². The zero-order chi connectivity index (χ0) is 11.0. The summed E-state index contributed by atoms with van der Waals surface area (Å²) in [7, 11) is 0. The monoisotopic (exact) mass is 222 g/mol. The van der Waals surface area contributed by atoms with Crippen LogP contribution in [0, 0.1) is 0 Å². The smallest absolute Gasteiger partial charge is 0.179 e. The third kappa shape index (κ3) is 1.85. The Morgan fingerprint density at radius 2 is 2.25 bits per heavy atom. The second kappa shape index (κ2) is 4.14. The number of fused-ring (bicyclic) bond motifs is 1. The van der Waals surface area contributed by atoms with Crippen molar-refractivity contribution in [3.63, 3.8) is 0 Å². The maximum atomic E-state index is 5.92. The van der Waals surface area contributed by atoms with Crippen LogP contribution in [0.5, 0.6) is 0 Å². The summed E-state index contributed by atoms with van der Waals surface area (Å²) in [6.45, 7) is 1.64. The summed E-state index contributed by atoms with van der Waals surface area (Å²) < 4.78 is 7.66. The summed E-state index contributed by atoms with van der Waals surface area (Å²) in [4.78, 5) is 4.58. The van der Waals surface area contributed by atoms with E-state index in [0.717, 1.165) is 50.5 Å². The van der Waals surface area contributed by atoms with Gasteiger partial charge in [-0.1, -0.05) is 0 Å². The van der Waals surface area contributed by atoms with Crippen molar-refractivity contribution < 1.29 is 4.74 Å². The van der Waals surface area contributed by atoms with Crippen LogP contribution in [0.1, 0.15) is 43.4 Å². The summed E-state index contributed by atoms with van der Waals surface area (Å²) in [5, 5.41) is 4.53. The highest BCUT2D eigenvalue weighted by Crippen LogP contribution is 2.26. The van der Waals surface area contributed by atoms with Gasteiger partial charge in [0.1, 0.15) is 11.9 Å². The molecule has 5 heteroatoms. The van der Waals surface area contributed by atoms with Gasteiger partial charge in [0.05, 0.1) is 6.54 Å². The molecule has 2 aliphatic rings. The molecule has 2 atom stereocenters. The van der Waals surface area contributed by atoms with Gasteiger partial charge in [0.25, 0.3) is 0 Å². The van der Waals surface area contributed by atoms with Crippen LogP contribution < -0.4 is 5.73 Å². The number of nitrogens with two attached hydrogens (primary N) is 1. The Labute approximate surface area is 95.0 Å². The van der Waals surface area contributed by atoms with Gasteiger partial charge in [-0.15, -0.1) is 0 Å². The summed E-state index contributed by atoms with van der Waals surface area (Å²) in [5.74, 6) is 1.94. The molecule has 0 radical (unpaired) electrons. The molecule has 1 fully saturated rings. The maximum absolute atomic E-state index is 5.92. The number of hydrogen-bond acceptors (Lipinski definition) is 4. The van der Waals surface area contributed by atoms with Crippen molar-refractivity contribution >= 4 is 0 Å². The van der Waals surface area contributed by atoms with Crippen LogP contribution in [0.15, 0.2) is 0 Å². The third-order valence-electron chi connectivity index (χ3n) is 3.38. The van der Waals surface area contributed by atoms with Gasteiger partial charge in [0.2, 0.25) is 0 Å². The van der Waals surface area contributed by atoms with E-state index < -0.39 is 0 Å². The van der Waals surface area contributed by atoms with Crippen LogP contribution in [0.25, 0.3) is 0 Å². The van der Waals surface area contributed by atoms with Gasteiger partial charge in [-0.3, -0.25) is 0 Å². The summed E-state index contributed by atoms with van der Waals surface area (Å²) in [6, 6.07) is 0.231. The SMILES string of the molecule is NC1CCc2nc(C3CCCCO3)nn2C1. The molecular weight excluding hydrogens is 204 g/mol. The minimum absolute atomic E-state index is 0.114. The number of hydrogen-bond donors (Lipinski definition) is 1. The lowest BCUT2D eigenvalue weighted by molar-refractivity contribution is 0.00935. The van der Waals surface area contributed by atoms with Gasteiger partial charge in [-0.05, 0) is 25.7 Å². The Balaban J connectivity index is 1.80. The van der Waals surface area contributed by atoms with Crippen LogP contribution in [0.2, 0.25) is 0 Å². The van der Waals surface area contributed by atoms with E-state index in [1.165, 1.54) is 6.42 Å². The molecule has 88 valence electrons. The number of rotatable bonds is 1. The molecule has 0 saturated carbocycles. The molecule has 1 aromatic rings. The molecule has 1 aromatic heterocycles. The fraction of sp³-hybridized carbons (Fsp3) is 0.818. The Morgan fingerprint density at radius 1 is 1.31 bits per heavy atom. The highest BCUT2D eigenvalue weighted by atomic mass is 16.5. The molecule has 0 amide bonds. The average Bonchev–Trinajstić information content (AvgIpc) is 2.73. The van der Waals surface area contributed by atoms with E-state index >= 15 is 0 Å². The summed E-state index contributed by atoms with van der Waals surface area (Å²) >= 11 is 0. The molecule has 0 aliphatic carbocycles. The highest BCUT2D eigenvalue weighted by Gasteiger charge is 2.24. The van der Waals surface area contributed by atoms with Crippen molar-refractivity contribution in [1.82, 2.24) is 14.8 Å². The first-order valence-electron chi connectivity index (χ1n) is 6.14. The summed E-state index contributed by atoms with van der Waals surface area (Å²) in [6.07, 6.45) is 5.51. The lowest BCUT2D eigenvalue weighted by Crippen LogP contribution is -2.32. The van der Waals surface area contributed by atoms with Crippen LogP contribution in [0.4, 0.5) is 0 Å². The Hall–Kier alpha value is -0.940. The molecule has 0 bridgehead atoms. The predicted molar refractivity (Wildman–Crippen MR) is 58.9 cm³/mol. The van der Waals surface area contributed by atoms with E-state index in [1.54, 1.807) is 0 Å². The standard InChI is InChI=1S/C11H18N4O/c12-8-4-5-10-13-11(14-15(10)7-8)9-3-1-2-6-16-9/h8-9H,1-7,12H2. The van der Waals surface area contributed by atoms with Gasteiger partial charge in [0, 0.05) is 19.1 Å². The number of nitrogens with zero attached hydrogens (tertiary/aromatic N) is 3. The van der Waals surface area contributed by atoms with Gasteiger partial charge < -0.3 is 10.5 Å². The van der Waals surface area contributed by atoms with Gasteiger partial charge in [-0.25, -0.2) is 9.67 Å². The van der Waals surface area contributed by atoms with Crippen LogP contribution in [-0.2, 0) is 17.7 Å². The molecule has 5 nitrogen and oxygen atoms in total. The predicted octanol–water partition coefficient (Wildman–Crippen LogP) is 0.793. The van der Waals surface area contributed by atoms with E-state index in [1.807, 2.05) is 4.68 Å². The Bertz CT molecular complexity index is 370. The van der Waals surface area contributed by atoms with Crippen LogP contribution in [-0.4, -0.2) is 27.4 Å². The van der Waals surface area contributed by atoms with Crippen molar-refractivity contribution in [2.75, 3.05) is 6.61 Å². The molecule has 0 spiro atoms. The van der Waals surface area contributed by atoms with E-state index in [9.17, 15) is 0 Å². The zero-order valence-electron chi connectivity index (χ0n) is 9.43. The third-order valence-corrected chi connectivity index (χ3v) is 3.38. The van der Waals surface area contributed by atoms with Crippen LogP contribution >= 0.6 is 0 Å². The normalized spacial score (nSPS) is 30.1. The average molecular weight is 222 g/mol. The van der Waals surface area contributed by atoms with Crippen molar-refractivity contribution in [1.29, 1.82) is 0 Å². The number of aromatic nitrogens is 3. The van der Waals surface area contributed by atoms with Crippen molar-refractivity contribution in [3.8, 4) is 0 Å².